The molecule has 110 valence electrons. The van der Waals surface area contributed by atoms with Crippen molar-refractivity contribution in [2.45, 2.75) is 47.0 Å². The van der Waals surface area contributed by atoms with Crippen LogP contribution in [0, 0.1) is 13.8 Å². The summed E-state index contributed by atoms with van der Waals surface area (Å²) in [7, 11) is 0. The Morgan fingerprint density at radius 3 is 2.52 bits per heavy atom. The Morgan fingerprint density at radius 2 is 1.90 bits per heavy atom. The second-order valence-corrected chi connectivity index (χ2v) is 5.46. The maximum Gasteiger partial charge on any atom is 0.0636 e. The van der Waals surface area contributed by atoms with Gasteiger partial charge in [-0.3, -0.25) is 9.98 Å². The predicted molar refractivity (Wildman–Crippen MR) is 90.6 cm³/mol. The van der Waals surface area contributed by atoms with Crippen LogP contribution in [0.2, 0.25) is 0 Å². The second kappa shape index (κ2) is 7.16. The van der Waals surface area contributed by atoms with Crippen LogP contribution in [0.1, 0.15) is 48.9 Å². The minimum atomic E-state index is 0.986. The summed E-state index contributed by atoms with van der Waals surface area (Å²) in [5.41, 5.74) is 7.31. The number of aromatic nitrogens is 1. The van der Waals surface area contributed by atoms with Gasteiger partial charge in [-0.25, -0.2) is 0 Å². The summed E-state index contributed by atoms with van der Waals surface area (Å²) in [6.07, 6.45) is 6.90. The van der Waals surface area contributed by atoms with E-state index >= 15 is 0 Å². The van der Waals surface area contributed by atoms with Gasteiger partial charge in [-0.05, 0) is 61.6 Å². The zero-order valence-electron chi connectivity index (χ0n) is 13.5. The van der Waals surface area contributed by atoms with Gasteiger partial charge in [0, 0.05) is 23.7 Å². The fraction of sp³-hybridized carbons (Fsp3) is 0.368. The van der Waals surface area contributed by atoms with Crippen LogP contribution in [0.4, 0.5) is 5.69 Å². The molecular weight excluding hydrogens is 256 g/mol. The molecule has 0 aliphatic heterocycles. The molecule has 1 heterocycles. The monoisotopic (exact) mass is 280 g/mol. The van der Waals surface area contributed by atoms with E-state index in [1.54, 1.807) is 0 Å². The van der Waals surface area contributed by atoms with Crippen molar-refractivity contribution in [3.8, 4) is 0 Å². The molecule has 21 heavy (non-hydrogen) atoms. The minimum Gasteiger partial charge on any atom is -0.264 e. The largest absolute Gasteiger partial charge is 0.264 e. The molecular formula is C19H24N2. The van der Waals surface area contributed by atoms with E-state index in [0.717, 1.165) is 30.7 Å². The van der Waals surface area contributed by atoms with E-state index in [1.807, 2.05) is 12.4 Å². The molecule has 0 N–H and O–H groups in total. The van der Waals surface area contributed by atoms with Gasteiger partial charge in [-0.15, -0.1) is 0 Å². The fourth-order valence-corrected chi connectivity index (χ4v) is 2.59. The maximum absolute atomic E-state index is 4.90. The molecule has 1 aromatic heterocycles. The summed E-state index contributed by atoms with van der Waals surface area (Å²) in [5, 5.41) is 0. The molecule has 1 aromatic carbocycles. The van der Waals surface area contributed by atoms with Gasteiger partial charge in [0.2, 0.25) is 0 Å². The SMILES string of the molecule is CCC/C(=N/c1ccc(CC)c(C)c1)c1ccncc1C. The normalized spacial score (nSPS) is 11.7. The van der Waals surface area contributed by atoms with Crippen LogP contribution in [-0.2, 0) is 6.42 Å². The van der Waals surface area contributed by atoms with Crippen molar-refractivity contribution in [1.82, 2.24) is 4.98 Å². The third-order valence-corrected chi connectivity index (χ3v) is 3.79. The molecule has 0 aliphatic carbocycles. The third kappa shape index (κ3) is 3.78. The van der Waals surface area contributed by atoms with E-state index < -0.39 is 0 Å². The van der Waals surface area contributed by atoms with Gasteiger partial charge in [-0.1, -0.05) is 26.3 Å². The van der Waals surface area contributed by atoms with Gasteiger partial charge >= 0.3 is 0 Å². The van der Waals surface area contributed by atoms with Crippen molar-refractivity contribution < 1.29 is 0 Å². The summed E-state index contributed by atoms with van der Waals surface area (Å²) in [6.45, 7) is 8.64. The first kappa shape index (κ1) is 15.4. The molecule has 0 unspecified atom stereocenters. The van der Waals surface area contributed by atoms with Gasteiger partial charge in [0.25, 0.3) is 0 Å². The van der Waals surface area contributed by atoms with Crippen molar-refractivity contribution in [2.75, 3.05) is 0 Å². The molecule has 2 nitrogen and oxygen atoms in total. The fourth-order valence-electron chi connectivity index (χ4n) is 2.59. The van der Waals surface area contributed by atoms with Crippen molar-refractivity contribution in [2.24, 2.45) is 4.99 Å². The number of rotatable bonds is 5. The molecule has 0 bridgehead atoms. The lowest BCUT2D eigenvalue weighted by molar-refractivity contribution is 0.990. The zero-order chi connectivity index (χ0) is 15.2. The Bertz CT molecular complexity index is 642. The average molecular weight is 280 g/mol. The van der Waals surface area contributed by atoms with Crippen LogP contribution in [0.5, 0.6) is 0 Å². The number of aryl methyl sites for hydroxylation is 3. The molecule has 0 spiro atoms. The molecule has 0 saturated heterocycles. The highest BCUT2D eigenvalue weighted by Crippen LogP contribution is 2.21. The summed E-state index contributed by atoms with van der Waals surface area (Å²) in [4.78, 5) is 9.08. The zero-order valence-corrected chi connectivity index (χ0v) is 13.5. The highest BCUT2D eigenvalue weighted by Gasteiger charge is 2.07. The number of pyridine rings is 1. The lowest BCUT2D eigenvalue weighted by Crippen LogP contribution is -2.03. The predicted octanol–water partition coefficient (Wildman–Crippen LogP) is 5.18. The van der Waals surface area contributed by atoms with Crippen molar-refractivity contribution >= 4 is 11.4 Å². The van der Waals surface area contributed by atoms with Crippen molar-refractivity contribution in [3.63, 3.8) is 0 Å². The molecule has 2 aromatic rings. The second-order valence-electron chi connectivity index (χ2n) is 5.46. The quantitative estimate of drug-likeness (QED) is 0.693. The lowest BCUT2D eigenvalue weighted by Gasteiger charge is -2.10. The average Bonchev–Trinajstić information content (AvgIpc) is 2.47. The maximum atomic E-state index is 4.90. The highest BCUT2D eigenvalue weighted by molar-refractivity contribution is 6.03. The Balaban J connectivity index is 2.42. The molecule has 0 aliphatic rings. The standard InChI is InChI=1S/C19H24N2/c1-5-7-19(18-10-11-20-13-15(18)4)21-17-9-8-16(6-2)14(3)12-17/h8-13H,5-7H2,1-4H3/b21-19-. The first-order valence-corrected chi connectivity index (χ1v) is 7.73. The molecule has 0 atom stereocenters. The van der Waals surface area contributed by atoms with Gasteiger partial charge in [-0.2, -0.15) is 0 Å². The highest BCUT2D eigenvalue weighted by atomic mass is 14.7. The lowest BCUT2D eigenvalue weighted by atomic mass is 10.0. The first-order chi connectivity index (χ1) is 10.2. The van der Waals surface area contributed by atoms with Crippen LogP contribution >= 0.6 is 0 Å². The molecule has 2 rings (SSSR count). The smallest absolute Gasteiger partial charge is 0.0636 e. The van der Waals surface area contributed by atoms with Gasteiger partial charge in [0.1, 0.15) is 0 Å². The van der Waals surface area contributed by atoms with E-state index in [0.29, 0.717) is 0 Å². The summed E-state index contributed by atoms with van der Waals surface area (Å²) in [6, 6.07) is 8.57. The molecule has 0 radical (unpaired) electrons. The van der Waals surface area contributed by atoms with E-state index in [2.05, 4.69) is 56.9 Å². The van der Waals surface area contributed by atoms with Crippen molar-refractivity contribution in [3.05, 3.63) is 58.9 Å². The number of aliphatic imine (C=N–C) groups is 1. The Morgan fingerprint density at radius 1 is 1.10 bits per heavy atom. The van der Waals surface area contributed by atoms with Crippen LogP contribution in [0.25, 0.3) is 0 Å². The molecule has 0 amide bonds. The van der Waals surface area contributed by atoms with E-state index in [-0.39, 0.29) is 0 Å². The van der Waals surface area contributed by atoms with E-state index in [4.69, 9.17) is 4.99 Å². The van der Waals surface area contributed by atoms with E-state index in [1.165, 1.54) is 22.3 Å². The number of nitrogens with zero attached hydrogens (tertiary/aromatic N) is 2. The topological polar surface area (TPSA) is 25.2 Å². The van der Waals surface area contributed by atoms with Gasteiger partial charge in [0.05, 0.1) is 5.69 Å². The minimum absolute atomic E-state index is 0.986. The van der Waals surface area contributed by atoms with Gasteiger partial charge < -0.3 is 0 Å². The number of benzene rings is 1. The van der Waals surface area contributed by atoms with Crippen LogP contribution in [-0.4, -0.2) is 10.7 Å². The summed E-state index contributed by atoms with van der Waals surface area (Å²) >= 11 is 0. The first-order valence-electron chi connectivity index (χ1n) is 7.73. The van der Waals surface area contributed by atoms with Crippen LogP contribution in [0.15, 0.2) is 41.7 Å². The Kier molecular flexibility index (Phi) is 5.26. The Hall–Kier alpha value is -1.96. The number of hydrogen-bond acceptors (Lipinski definition) is 2. The van der Waals surface area contributed by atoms with E-state index in [9.17, 15) is 0 Å². The molecule has 0 fully saturated rings. The van der Waals surface area contributed by atoms with Gasteiger partial charge in [0.15, 0.2) is 0 Å². The van der Waals surface area contributed by atoms with Crippen LogP contribution in [0.3, 0.4) is 0 Å². The third-order valence-electron chi connectivity index (χ3n) is 3.79. The Labute approximate surface area is 128 Å². The molecule has 0 saturated carbocycles. The van der Waals surface area contributed by atoms with Crippen molar-refractivity contribution in [1.29, 1.82) is 0 Å². The number of hydrogen-bond donors (Lipinski definition) is 0. The van der Waals surface area contributed by atoms with Crippen LogP contribution < -0.4 is 0 Å². The summed E-state index contributed by atoms with van der Waals surface area (Å²) in [5.74, 6) is 0. The molecule has 2 heteroatoms. The summed E-state index contributed by atoms with van der Waals surface area (Å²) < 4.78 is 0.